The van der Waals surface area contributed by atoms with Gasteiger partial charge < -0.3 is 21.1 Å². The highest BCUT2D eigenvalue weighted by Gasteiger charge is 2.25. The Balaban J connectivity index is 0.00000560. The van der Waals surface area contributed by atoms with Crippen molar-refractivity contribution in [2.45, 2.75) is 33.0 Å². The Bertz CT molecular complexity index is 1360. The molecule has 0 aliphatic heterocycles. The largest absolute Gasteiger partial charge is 0.391 e. The number of aliphatic hydroxyl groups excluding tert-OH is 1. The zero-order chi connectivity index (χ0) is 28.4. The van der Waals surface area contributed by atoms with Crippen LogP contribution in [0.5, 0.6) is 0 Å². The minimum absolute atomic E-state index is 0. The van der Waals surface area contributed by atoms with Gasteiger partial charge in [-0.15, -0.1) is 0 Å². The Kier molecular flexibility index (Phi) is 11.9. The first-order chi connectivity index (χ1) is 18.6. The van der Waals surface area contributed by atoms with Gasteiger partial charge in [0, 0.05) is 35.0 Å². The van der Waals surface area contributed by atoms with Gasteiger partial charge >= 0.3 is 0 Å². The van der Waals surface area contributed by atoms with Crippen LogP contribution < -0.4 is 21.4 Å². The van der Waals surface area contributed by atoms with Crippen LogP contribution >= 0.6 is 0 Å². The molecule has 3 aromatic rings. The molecule has 3 amide bonds. The van der Waals surface area contributed by atoms with Gasteiger partial charge in [0.15, 0.2) is 0 Å². The molecule has 0 spiro atoms. The van der Waals surface area contributed by atoms with Gasteiger partial charge in [-0.25, -0.2) is 14.3 Å². The molecule has 0 saturated heterocycles. The van der Waals surface area contributed by atoms with Crippen LogP contribution in [0.25, 0.3) is 0 Å². The number of halogens is 2. The standard InChI is InChI=1S/C28H26F2N4O5.CH4/c1-17(35)26(28(38)34-39)33-27(37)21-8-4-18(5-9-21)2-3-19-6-10-24(11-7-19)32-25(36)16-31-15-20-12-22(29)14-23(30)13-20;/h4-14,17,26,31,35,39H,15-16H2,1H3,(H,32,36)(H,33,37)(H,34,38);1H4/t17-,26+;/m1./s1. The van der Waals surface area contributed by atoms with E-state index in [0.717, 1.165) is 6.07 Å². The summed E-state index contributed by atoms with van der Waals surface area (Å²) in [4.78, 5) is 36.1. The van der Waals surface area contributed by atoms with Crippen LogP contribution in [0.3, 0.4) is 0 Å². The molecule has 0 unspecified atom stereocenters. The van der Waals surface area contributed by atoms with Crippen LogP contribution in [0.4, 0.5) is 14.5 Å². The van der Waals surface area contributed by atoms with E-state index in [1.54, 1.807) is 36.4 Å². The molecular weight excluding hydrogens is 522 g/mol. The van der Waals surface area contributed by atoms with Crippen LogP contribution in [0.1, 0.15) is 41.4 Å². The number of benzene rings is 3. The maximum absolute atomic E-state index is 13.2. The third kappa shape index (κ3) is 9.59. The summed E-state index contributed by atoms with van der Waals surface area (Å²) in [6, 6.07) is 14.9. The Labute approximate surface area is 230 Å². The van der Waals surface area contributed by atoms with Crippen molar-refractivity contribution in [3.8, 4) is 11.8 Å². The molecule has 0 aliphatic rings. The van der Waals surface area contributed by atoms with Crippen molar-refractivity contribution in [1.29, 1.82) is 0 Å². The smallest absolute Gasteiger partial charge is 0.268 e. The third-order valence-corrected chi connectivity index (χ3v) is 5.37. The zero-order valence-corrected chi connectivity index (χ0v) is 20.8. The van der Waals surface area contributed by atoms with Crippen LogP contribution in [-0.2, 0) is 16.1 Å². The summed E-state index contributed by atoms with van der Waals surface area (Å²) in [5.41, 5.74) is 3.86. The molecule has 0 saturated carbocycles. The number of aliphatic hydroxyl groups is 1. The van der Waals surface area contributed by atoms with Crippen LogP contribution in [0, 0.1) is 23.5 Å². The molecule has 3 aromatic carbocycles. The van der Waals surface area contributed by atoms with E-state index < -0.39 is 35.6 Å². The quantitative estimate of drug-likeness (QED) is 0.137. The second kappa shape index (κ2) is 15.1. The van der Waals surface area contributed by atoms with E-state index in [2.05, 4.69) is 27.8 Å². The topological polar surface area (TPSA) is 140 Å². The van der Waals surface area contributed by atoms with E-state index in [1.807, 2.05) is 0 Å². The fourth-order valence-electron chi connectivity index (χ4n) is 3.42. The predicted molar refractivity (Wildman–Crippen MR) is 145 cm³/mol. The average molecular weight is 553 g/mol. The summed E-state index contributed by atoms with van der Waals surface area (Å²) in [5, 5.41) is 26.3. The second-order valence-electron chi connectivity index (χ2n) is 8.50. The minimum atomic E-state index is -1.32. The molecule has 210 valence electrons. The maximum Gasteiger partial charge on any atom is 0.268 e. The average Bonchev–Trinajstić information content (AvgIpc) is 2.90. The first-order valence-electron chi connectivity index (χ1n) is 11.7. The Morgan fingerprint density at radius 2 is 1.45 bits per heavy atom. The van der Waals surface area contributed by atoms with Crippen molar-refractivity contribution < 1.29 is 33.5 Å². The summed E-state index contributed by atoms with van der Waals surface area (Å²) < 4.78 is 26.5. The molecule has 0 heterocycles. The fraction of sp³-hybridized carbons (Fsp3) is 0.207. The van der Waals surface area contributed by atoms with E-state index >= 15 is 0 Å². The summed E-state index contributed by atoms with van der Waals surface area (Å²) in [6.45, 7) is 1.38. The molecule has 0 bridgehead atoms. The van der Waals surface area contributed by atoms with Gasteiger partial charge in [-0.05, 0) is 73.2 Å². The SMILES string of the molecule is C.C[C@@H](O)[C@H](NC(=O)c1ccc(C#Cc2ccc(NC(=O)CNCc3cc(F)cc(F)c3)cc2)cc1)C(=O)NO. The van der Waals surface area contributed by atoms with Gasteiger partial charge in [0.25, 0.3) is 11.8 Å². The highest BCUT2D eigenvalue weighted by molar-refractivity contribution is 5.97. The van der Waals surface area contributed by atoms with E-state index in [9.17, 15) is 28.3 Å². The Morgan fingerprint density at radius 3 is 1.98 bits per heavy atom. The Hall–Kier alpha value is -4.63. The van der Waals surface area contributed by atoms with E-state index in [0.29, 0.717) is 22.4 Å². The van der Waals surface area contributed by atoms with E-state index in [-0.39, 0.29) is 32.0 Å². The first-order valence-corrected chi connectivity index (χ1v) is 11.7. The number of carbonyl (C=O) groups is 3. The molecular formula is C29H30F2N4O5. The monoisotopic (exact) mass is 552 g/mol. The molecule has 6 N–H and O–H groups in total. The molecule has 40 heavy (non-hydrogen) atoms. The maximum atomic E-state index is 13.2. The molecule has 0 aliphatic carbocycles. The molecule has 11 heteroatoms. The number of rotatable bonds is 9. The van der Waals surface area contributed by atoms with Crippen LogP contribution in [0.15, 0.2) is 66.7 Å². The second-order valence-corrected chi connectivity index (χ2v) is 8.50. The highest BCUT2D eigenvalue weighted by atomic mass is 19.1. The predicted octanol–water partition coefficient (Wildman–Crippen LogP) is 2.71. The lowest BCUT2D eigenvalue weighted by Crippen LogP contribution is -2.51. The van der Waals surface area contributed by atoms with E-state index in [1.165, 1.54) is 36.7 Å². The summed E-state index contributed by atoms with van der Waals surface area (Å²) in [7, 11) is 0. The minimum Gasteiger partial charge on any atom is -0.391 e. The van der Waals surface area contributed by atoms with Crippen LogP contribution in [-0.4, -0.2) is 46.7 Å². The van der Waals surface area contributed by atoms with Crippen molar-refractivity contribution in [1.82, 2.24) is 16.1 Å². The Morgan fingerprint density at radius 1 is 0.900 bits per heavy atom. The highest BCUT2D eigenvalue weighted by Crippen LogP contribution is 2.10. The van der Waals surface area contributed by atoms with E-state index in [4.69, 9.17) is 5.21 Å². The normalized spacial score (nSPS) is 11.6. The number of carbonyl (C=O) groups excluding carboxylic acids is 3. The third-order valence-electron chi connectivity index (χ3n) is 5.37. The molecule has 0 radical (unpaired) electrons. The summed E-state index contributed by atoms with van der Waals surface area (Å²) in [6.07, 6.45) is -1.22. The number of nitrogens with one attached hydrogen (secondary N) is 4. The van der Waals surface area contributed by atoms with Crippen molar-refractivity contribution in [3.63, 3.8) is 0 Å². The van der Waals surface area contributed by atoms with Crippen molar-refractivity contribution in [2.24, 2.45) is 0 Å². The molecule has 9 nitrogen and oxygen atoms in total. The number of hydroxylamine groups is 1. The first kappa shape index (κ1) is 31.6. The number of hydrogen-bond donors (Lipinski definition) is 6. The van der Waals surface area contributed by atoms with Gasteiger partial charge in [-0.1, -0.05) is 19.3 Å². The molecule has 3 rings (SSSR count). The van der Waals surface area contributed by atoms with Gasteiger partial charge in [-0.2, -0.15) is 0 Å². The van der Waals surface area contributed by atoms with Crippen molar-refractivity contribution >= 4 is 23.4 Å². The lowest BCUT2D eigenvalue weighted by atomic mass is 10.1. The number of anilines is 1. The van der Waals surface area contributed by atoms with Gasteiger partial charge in [0.05, 0.1) is 12.6 Å². The summed E-state index contributed by atoms with van der Waals surface area (Å²) >= 11 is 0. The van der Waals surface area contributed by atoms with Gasteiger partial charge in [0.1, 0.15) is 17.7 Å². The molecule has 2 atom stereocenters. The molecule has 0 fully saturated rings. The van der Waals surface area contributed by atoms with Crippen molar-refractivity contribution in [2.75, 3.05) is 11.9 Å². The number of hydrogen-bond acceptors (Lipinski definition) is 6. The number of amides is 3. The van der Waals surface area contributed by atoms with Crippen molar-refractivity contribution in [3.05, 3.63) is 101 Å². The zero-order valence-electron chi connectivity index (χ0n) is 20.8. The van der Waals surface area contributed by atoms with Gasteiger partial charge in [0.2, 0.25) is 5.91 Å². The lowest BCUT2D eigenvalue weighted by Gasteiger charge is -2.19. The lowest BCUT2D eigenvalue weighted by molar-refractivity contribution is -0.133. The molecule has 0 aromatic heterocycles. The van der Waals surface area contributed by atoms with Gasteiger partial charge in [-0.3, -0.25) is 19.6 Å². The van der Waals surface area contributed by atoms with Crippen LogP contribution in [0.2, 0.25) is 0 Å². The summed E-state index contributed by atoms with van der Waals surface area (Å²) in [5.74, 6) is 2.68. The fourth-order valence-corrected chi connectivity index (χ4v) is 3.42.